The van der Waals surface area contributed by atoms with Crippen LogP contribution in [0.25, 0.3) is 0 Å². The number of likely N-dealkylation sites (N-methyl/N-ethyl adjacent to an activating group) is 1. The minimum absolute atomic E-state index is 0. The highest BCUT2D eigenvalue weighted by Crippen LogP contribution is 2.39. The lowest BCUT2D eigenvalue weighted by molar-refractivity contribution is -0.127. The van der Waals surface area contributed by atoms with Crippen LogP contribution in [0.2, 0.25) is 0 Å². The lowest BCUT2D eigenvalue weighted by Gasteiger charge is -2.39. The first kappa shape index (κ1) is 23.0. The van der Waals surface area contributed by atoms with Crippen LogP contribution in [-0.4, -0.2) is 62.2 Å². The van der Waals surface area contributed by atoms with Crippen LogP contribution in [0.15, 0.2) is 27.8 Å². The van der Waals surface area contributed by atoms with Crippen LogP contribution >= 0.6 is 24.0 Å². The summed E-state index contributed by atoms with van der Waals surface area (Å²) in [5.74, 6) is 1.61. The van der Waals surface area contributed by atoms with Crippen LogP contribution in [0.1, 0.15) is 44.3 Å². The molecule has 2 N–H and O–H groups in total. The van der Waals surface area contributed by atoms with Crippen LogP contribution in [0.4, 0.5) is 0 Å². The van der Waals surface area contributed by atoms with Gasteiger partial charge in [0.2, 0.25) is 5.91 Å². The van der Waals surface area contributed by atoms with Gasteiger partial charge in [-0.15, -0.1) is 24.0 Å². The van der Waals surface area contributed by atoms with Crippen molar-refractivity contribution >= 4 is 35.8 Å². The van der Waals surface area contributed by atoms with Gasteiger partial charge in [-0.2, -0.15) is 0 Å². The van der Waals surface area contributed by atoms with Crippen molar-refractivity contribution < 1.29 is 13.9 Å². The first-order chi connectivity index (χ1) is 13.1. The Morgan fingerprint density at radius 2 is 2.14 bits per heavy atom. The van der Waals surface area contributed by atoms with Gasteiger partial charge in [-0.05, 0) is 37.8 Å². The van der Waals surface area contributed by atoms with Crippen molar-refractivity contribution in [1.82, 2.24) is 15.5 Å². The van der Waals surface area contributed by atoms with Gasteiger partial charge in [-0.1, -0.05) is 12.8 Å². The Balaban J connectivity index is 0.00000280. The zero-order valence-electron chi connectivity index (χ0n) is 16.9. The Kier molecular flexibility index (Phi) is 9.07. The van der Waals surface area contributed by atoms with Crippen LogP contribution in [-0.2, 0) is 16.0 Å². The van der Waals surface area contributed by atoms with Crippen LogP contribution < -0.4 is 10.6 Å². The Morgan fingerprint density at radius 1 is 1.36 bits per heavy atom. The molecule has 1 aliphatic carbocycles. The summed E-state index contributed by atoms with van der Waals surface area (Å²) in [5, 5.41) is 6.89. The summed E-state index contributed by atoms with van der Waals surface area (Å²) in [5.41, 5.74) is 0.0502. The molecule has 1 aromatic rings. The lowest BCUT2D eigenvalue weighted by Crippen LogP contribution is -2.51. The summed E-state index contributed by atoms with van der Waals surface area (Å²) >= 11 is 0. The second-order valence-corrected chi connectivity index (χ2v) is 7.78. The Bertz CT molecular complexity index is 627. The zero-order valence-corrected chi connectivity index (χ0v) is 19.2. The number of furan rings is 1. The largest absolute Gasteiger partial charge is 0.469 e. The Morgan fingerprint density at radius 3 is 2.82 bits per heavy atom. The number of guanidine groups is 1. The van der Waals surface area contributed by atoms with E-state index in [2.05, 4.69) is 15.6 Å². The number of hydrogen-bond donors (Lipinski definition) is 2. The molecular formula is C20H33IN4O3. The van der Waals surface area contributed by atoms with E-state index in [0.29, 0.717) is 18.5 Å². The number of halogens is 1. The Labute approximate surface area is 184 Å². The van der Waals surface area contributed by atoms with Crippen molar-refractivity contribution in [2.75, 3.05) is 33.8 Å². The second-order valence-electron chi connectivity index (χ2n) is 7.78. The first-order valence-corrected chi connectivity index (χ1v) is 9.98. The molecule has 1 atom stereocenters. The van der Waals surface area contributed by atoms with Gasteiger partial charge in [0.15, 0.2) is 5.96 Å². The van der Waals surface area contributed by atoms with Gasteiger partial charge in [0, 0.05) is 39.7 Å². The van der Waals surface area contributed by atoms with Crippen molar-refractivity contribution in [2.45, 2.75) is 56.6 Å². The third-order valence-corrected chi connectivity index (χ3v) is 5.46. The molecule has 2 fully saturated rings. The molecule has 0 bridgehead atoms. The molecule has 1 amide bonds. The van der Waals surface area contributed by atoms with E-state index in [1.807, 2.05) is 12.1 Å². The normalized spacial score (nSPS) is 21.2. The van der Waals surface area contributed by atoms with E-state index in [4.69, 9.17) is 9.15 Å². The number of rotatable bonds is 6. The number of hydrogen-bond acceptors (Lipinski definition) is 4. The molecule has 1 saturated carbocycles. The predicted octanol–water partition coefficient (Wildman–Crippen LogP) is 2.56. The monoisotopic (exact) mass is 504 g/mol. The van der Waals surface area contributed by atoms with E-state index in [0.717, 1.165) is 44.5 Å². The maximum absolute atomic E-state index is 11.9. The van der Waals surface area contributed by atoms with Crippen molar-refractivity contribution in [2.24, 2.45) is 4.99 Å². The molecule has 1 unspecified atom stereocenters. The number of amides is 1. The summed E-state index contributed by atoms with van der Waals surface area (Å²) in [6.45, 7) is 1.62. The number of carbonyl (C=O) groups is 1. The molecule has 3 rings (SSSR count). The lowest BCUT2D eigenvalue weighted by atomic mass is 9.89. The molecule has 1 saturated heterocycles. The zero-order chi connectivity index (χ0) is 19.1. The van der Waals surface area contributed by atoms with Gasteiger partial charge in [-0.25, -0.2) is 4.99 Å². The smallest absolute Gasteiger partial charge is 0.243 e. The third kappa shape index (κ3) is 6.65. The first-order valence-electron chi connectivity index (χ1n) is 9.98. The minimum Gasteiger partial charge on any atom is -0.469 e. The van der Waals surface area contributed by atoms with Crippen molar-refractivity contribution in [3.05, 3.63) is 24.2 Å². The number of aliphatic imine (C=N–C) groups is 1. The second kappa shape index (κ2) is 11.0. The summed E-state index contributed by atoms with van der Waals surface area (Å²) in [6.07, 6.45) is 9.24. The maximum atomic E-state index is 11.9. The maximum Gasteiger partial charge on any atom is 0.243 e. The van der Waals surface area contributed by atoms with Gasteiger partial charge in [0.25, 0.3) is 0 Å². The van der Waals surface area contributed by atoms with E-state index in [1.165, 1.54) is 12.8 Å². The number of carbonyl (C=O) groups excluding carboxylic acids is 1. The minimum atomic E-state index is -0.0126. The summed E-state index contributed by atoms with van der Waals surface area (Å²) < 4.78 is 11.5. The van der Waals surface area contributed by atoms with Crippen LogP contribution in [0.3, 0.4) is 0 Å². The van der Waals surface area contributed by atoms with Gasteiger partial charge in [0.1, 0.15) is 12.3 Å². The molecule has 1 spiro atoms. The fourth-order valence-electron chi connectivity index (χ4n) is 3.91. The van der Waals surface area contributed by atoms with Crippen molar-refractivity contribution in [3.63, 3.8) is 0 Å². The quantitative estimate of drug-likeness (QED) is 0.354. The molecule has 0 radical (unpaired) electrons. The summed E-state index contributed by atoms with van der Waals surface area (Å²) in [4.78, 5) is 18.0. The van der Waals surface area contributed by atoms with Crippen molar-refractivity contribution in [1.29, 1.82) is 0 Å². The van der Waals surface area contributed by atoms with Gasteiger partial charge >= 0.3 is 0 Å². The molecule has 2 heterocycles. The van der Waals surface area contributed by atoms with Crippen LogP contribution in [0.5, 0.6) is 0 Å². The fourth-order valence-corrected chi connectivity index (χ4v) is 3.91. The summed E-state index contributed by atoms with van der Waals surface area (Å²) in [6, 6.07) is 4.17. The summed E-state index contributed by atoms with van der Waals surface area (Å²) in [7, 11) is 3.50. The number of nitrogens with zero attached hydrogens (tertiary/aromatic N) is 2. The van der Waals surface area contributed by atoms with Crippen LogP contribution in [0, 0.1) is 0 Å². The average molecular weight is 504 g/mol. The highest BCUT2D eigenvalue weighted by atomic mass is 127. The van der Waals surface area contributed by atoms with E-state index in [9.17, 15) is 4.79 Å². The molecule has 0 aromatic carbocycles. The Hall–Kier alpha value is -1.29. The van der Waals surface area contributed by atoms with Gasteiger partial charge < -0.3 is 24.7 Å². The molecule has 8 heteroatoms. The predicted molar refractivity (Wildman–Crippen MR) is 120 cm³/mol. The van der Waals surface area contributed by atoms with Crippen molar-refractivity contribution in [3.8, 4) is 0 Å². The van der Waals surface area contributed by atoms with E-state index in [1.54, 1.807) is 25.3 Å². The molecule has 2 aliphatic rings. The topological polar surface area (TPSA) is 79.1 Å². The standard InChI is InChI=1S/C20H32N4O3.HI/c1-24(2)18(25)15-22-19(21-11-7-17-6-5-12-26-17)23-16-8-13-27-20(14-16)9-3-4-10-20;/h5-6,12,16H,3-4,7-11,13-15H2,1-2H3,(H2,21,22,23);1H. The molecule has 7 nitrogen and oxygen atoms in total. The van der Waals surface area contributed by atoms with E-state index >= 15 is 0 Å². The highest BCUT2D eigenvalue weighted by molar-refractivity contribution is 14.0. The number of nitrogens with one attached hydrogen (secondary N) is 2. The molecule has 158 valence electrons. The third-order valence-electron chi connectivity index (χ3n) is 5.46. The SMILES string of the molecule is CN(C)C(=O)CN=C(NCCc1ccco1)NC1CCOC2(CCCC2)C1.I. The fraction of sp³-hybridized carbons (Fsp3) is 0.700. The molecule has 1 aliphatic heterocycles. The van der Waals surface area contributed by atoms with Gasteiger partial charge in [0.05, 0.1) is 11.9 Å². The highest BCUT2D eigenvalue weighted by Gasteiger charge is 2.40. The van der Waals surface area contributed by atoms with E-state index < -0.39 is 0 Å². The average Bonchev–Trinajstić information content (AvgIpc) is 3.32. The van der Waals surface area contributed by atoms with E-state index in [-0.39, 0.29) is 42.0 Å². The molecule has 28 heavy (non-hydrogen) atoms. The number of ether oxygens (including phenoxy) is 1. The van der Waals surface area contributed by atoms with Gasteiger partial charge in [-0.3, -0.25) is 4.79 Å². The molecule has 1 aromatic heterocycles. The molecular weight excluding hydrogens is 471 g/mol.